The van der Waals surface area contributed by atoms with Gasteiger partial charge < -0.3 is 0 Å². The third-order valence-electron chi connectivity index (χ3n) is 7.90. The van der Waals surface area contributed by atoms with Crippen molar-refractivity contribution in [2.24, 2.45) is 0 Å². The first-order valence-electron chi connectivity index (χ1n) is 15.3. The quantitative estimate of drug-likeness (QED) is 0.100. The van der Waals surface area contributed by atoms with E-state index in [1.165, 1.54) is 29.5 Å². The van der Waals surface area contributed by atoms with Gasteiger partial charge in [-0.15, -0.1) is 10.2 Å². The highest BCUT2D eigenvalue weighted by atomic mass is 32.2. The Morgan fingerprint density at radius 2 is 1.10 bits per heavy atom. The number of thioether (sulfide) groups is 1. The van der Waals surface area contributed by atoms with Crippen LogP contribution < -0.4 is 0 Å². The molecule has 3 aromatic heterocycles. The zero-order valence-corrected chi connectivity index (χ0v) is 28.1. The van der Waals surface area contributed by atoms with E-state index >= 15 is 0 Å². The molecule has 4 aromatic carbocycles. The van der Waals surface area contributed by atoms with Crippen molar-refractivity contribution in [3.63, 3.8) is 0 Å². The van der Waals surface area contributed by atoms with Crippen LogP contribution in [0.3, 0.4) is 0 Å². The van der Waals surface area contributed by atoms with E-state index in [1.807, 2.05) is 30.3 Å². The number of aromatic nitrogens is 4. The molecule has 0 radical (unpaired) electrons. The van der Waals surface area contributed by atoms with E-state index in [0.717, 1.165) is 52.4 Å². The summed E-state index contributed by atoms with van der Waals surface area (Å²) >= 11 is 2.14. The van der Waals surface area contributed by atoms with Crippen molar-refractivity contribution in [1.82, 2.24) is 20.2 Å². The number of halogens is 6. The minimum atomic E-state index is -4.50. The molecular formula is C38H22F6N6S2. The average molecular weight is 741 g/mol. The first kappa shape index (κ1) is 34.7. The van der Waals surface area contributed by atoms with Gasteiger partial charge in [-0.25, -0.2) is 9.97 Å². The van der Waals surface area contributed by atoms with E-state index in [4.69, 9.17) is 10.8 Å². The standard InChI is InChI=1S/C38H22F6N6S2/c39-37(40,41)27-7-1-5-22(19-27)29-9-3-11-31(47-29)34(46)51-33(45)24-15-13-21-14-16-25(18-26(21)17-24)35-49-50-36(52-35)32-12-4-10-30(48-32)23-6-2-8-28(20-23)38(42,43)44/h1-20,45-46H. The Balaban J connectivity index is 1.09. The van der Waals surface area contributed by atoms with Gasteiger partial charge in [0.2, 0.25) is 0 Å². The number of fused-ring (bicyclic) bond motifs is 1. The molecule has 0 spiro atoms. The molecule has 0 saturated carbocycles. The van der Waals surface area contributed by atoms with Crippen LogP contribution in [0.4, 0.5) is 26.3 Å². The largest absolute Gasteiger partial charge is 0.416 e. The molecule has 3 heterocycles. The van der Waals surface area contributed by atoms with E-state index < -0.39 is 23.5 Å². The van der Waals surface area contributed by atoms with Gasteiger partial charge in [-0.05, 0) is 83.2 Å². The van der Waals surface area contributed by atoms with Gasteiger partial charge in [0.15, 0.2) is 5.01 Å². The van der Waals surface area contributed by atoms with Crippen LogP contribution in [0.1, 0.15) is 22.4 Å². The van der Waals surface area contributed by atoms with Crippen LogP contribution in [0.2, 0.25) is 0 Å². The summed E-state index contributed by atoms with van der Waals surface area (Å²) in [6, 6.07) is 30.7. The van der Waals surface area contributed by atoms with E-state index in [0.29, 0.717) is 32.5 Å². The first-order chi connectivity index (χ1) is 24.8. The second-order valence-corrected chi connectivity index (χ2v) is 13.4. The molecule has 258 valence electrons. The van der Waals surface area contributed by atoms with Crippen molar-refractivity contribution in [3.8, 4) is 43.8 Å². The molecule has 52 heavy (non-hydrogen) atoms. The summed E-state index contributed by atoms with van der Waals surface area (Å²) in [5.41, 5.74) is 1.65. The van der Waals surface area contributed by atoms with Crippen LogP contribution in [-0.2, 0) is 12.4 Å². The second kappa shape index (κ2) is 13.8. The predicted octanol–water partition coefficient (Wildman–Crippen LogP) is 11.3. The fraction of sp³-hybridized carbons (Fsp3) is 0.0526. The number of benzene rings is 4. The maximum atomic E-state index is 13.3. The van der Waals surface area contributed by atoms with Gasteiger partial charge in [0, 0.05) is 22.3 Å². The Morgan fingerprint density at radius 3 is 1.77 bits per heavy atom. The molecule has 0 aliphatic carbocycles. The molecule has 0 fully saturated rings. The van der Waals surface area contributed by atoms with Crippen LogP contribution >= 0.6 is 23.1 Å². The fourth-order valence-corrected chi connectivity index (χ4v) is 6.80. The summed E-state index contributed by atoms with van der Waals surface area (Å²) < 4.78 is 79.6. The SMILES string of the molecule is N=C(SC(=N)c1cccc(-c2cccc(C(F)(F)F)c2)n1)c1ccc2ccc(-c3nnc(-c4cccc(-c5cccc(C(F)(F)F)c5)n4)s3)cc2c1. The van der Waals surface area contributed by atoms with Crippen LogP contribution in [0.25, 0.3) is 54.6 Å². The highest BCUT2D eigenvalue weighted by molar-refractivity contribution is 8.27. The molecule has 0 bridgehead atoms. The maximum absolute atomic E-state index is 13.3. The Hall–Kier alpha value is -5.73. The highest BCUT2D eigenvalue weighted by Crippen LogP contribution is 2.35. The smallest absolute Gasteiger partial charge is 0.293 e. The fourth-order valence-electron chi connectivity index (χ4n) is 5.32. The minimum absolute atomic E-state index is 0.0419. The van der Waals surface area contributed by atoms with Gasteiger partial charge in [-0.1, -0.05) is 72.0 Å². The lowest BCUT2D eigenvalue weighted by molar-refractivity contribution is -0.138. The van der Waals surface area contributed by atoms with Gasteiger partial charge in [-0.2, -0.15) is 26.3 Å². The lowest BCUT2D eigenvalue weighted by atomic mass is 10.0. The van der Waals surface area contributed by atoms with Gasteiger partial charge in [0.25, 0.3) is 0 Å². The zero-order valence-electron chi connectivity index (χ0n) is 26.4. The van der Waals surface area contributed by atoms with Crippen molar-refractivity contribution in [1.29, 1.82) is 10.8 Å². The summed E-state index contributed by atoms with van der Waals surface area (Å²) in [5.74, 6) is 0. The molecule has 7 aromatic rings. The van der Waals surface area contributed by atoms with E-state index in [2.05, 4.69) is 20.2 Å². The van der Waals surface area contributed by atoms with Gasteiger partial charge in [0.1, 0.15) is 20.8 Å². The molecule has 14 heteroatoms. The molecule has 0 amide bonds. The number of alkyl halides is 6. The topological polar surface area (TPSA) is 99.3 Å². The van der Waals surface area contributed by atoms with Crippen LogP contribution in [0, 0.1) is 10.8 Å². The summed E-state index contributed by atoms with van der Waals surface area (Å²) in [5, 5.41) is 28.8. The Bertz CT molecular complexity index is 2490. The number of pyridine rings is 2. The normalized spacial score (nSPS) is 11.9. The van der Waals surface area contributed by atoms with Gasteiger partial charge >= 0.3 is 12.4 Å². The maximum Gasteiger partial charge on any atom is 0.416 e. The predicted molar refractivity (Wildman–Crippen MR) is 192 cm³/mol. The first-order valence-corrected chi connectivity index (χ1v) is 17.0. The number of hydrogen-bond acceptors (Lipinski definition) is 8. The summed E-state index contributed by atoms with van der Waals surface area (Å²) in [6.07, 6.45) is -8.98. The number of nitrogens with one attached hydrogen (secondary N) is 2. The number of nitrogens with zero attached hydrogens (tertiary/aromatic N) is 4. The van der Waals surface area contributed by atoms with Crippen LogP contribution in [0.15, 0.2) is 121 Å². The highest BCUT2D eigenvalue weighted by Gasteiger charge is 2.31. The second-order valence-electron chi connectivity index (χ2n) is 11.4. The minimum Gasteiger partial charge on any atom is -0.293 e. The molecule has 0 aliphatic heterocycles. The number of hydrogen-bond donors (Lipinski definition) is 2. The molecule has 0 saturated heterocycles. The summed E-state index contributed by atoms with van der Waals surface area (Å²) in [4.78, 5) is 8.95. The Kier molecular flexibility index (Phi) is 9.19. The van der Waals surface area contributed by atoms with E-state index in [9.17, 15) is 26.3 Å². The zero-order chi connectivity index (χ0) is 36.6. The average Bonchev–Trinajstić information content (AvgIpc) is 3.65. The van der Waals surface area contributed by atoms with Crippen molar-refractivity contribution < 1.29 is 26.3 Å². The Morgan fingerprint density at radius 1 is 0.519 bits per heavy atom. The van der Waals surface area contributed by atoms with Gasteiger partial charge in [0.05, 0.1) is 28.2 Å². The molecule has 7 rings (SSSR count). The molecular weight excluding hydrogens is 719 g/mol. The summed E-state index contributed by atoms with van der Waals surface area (Å²) in [6.45, 7) is 0. The molecule has 0 aliphatic rings. The van der Waals surface area contributed by atoms with Crippen molar-refractivity contribution >= 4 is 44.0 Å². The van der Waals surface area contributed by atoms with Crippen molar-refractivity contribution in [2.45, 2.75) is 12.4 Å². The van der Waals surface area contributed by atoms with Crippen LogP contribution in [0.5, 0.6) is 0 Å². The molecule has 6 nitrogen and oxygen atoms in total. The van der Waals surface area contributed by atoms with Crippen molar-refractivity contribution in [2.75, 3.05) is 0 Å². The molecule has 0 atom stereocenters. The molecule has 0 unspecified atom stereocenters. The van der Waals surface area contributed by atoms with Crippen LogP contribution in [-0.4, -0.2) is 30.3 Å². The third-order valence-corrected chi connectivity index (χ3v) is 9.75. The monoisotopic (exact) mass is 740 g/mol. The van der Waals surface area contributed by atoms with Gasteiger partial charge in [-0.3, -0.25) is 10.8 Å². The van der Waals surface area contributed by atoms with E-state index in [-0.39, 0.29) is 27.0 Å². The molecule has 2 N–H and O–H groups in total. The van der Waals surface area contributed by atoms with Crippen molar-refractivity contribution in [3.05, 3.63) is 144 Å². The third kappa shape index (κ3) is 7.48. The summed E-state index contributed by atoms with van der Waals surface area (Å²) in [7, 11) is 0. The number of rotatable bonds is 6. The lowest BCUT2D eigenvalue weighted by Crippen LogP contribution is -2.05. The Labute approximate surface area is 300 Å². The van der Waals surface area contributed by atoms with E-state index in [1.54, 1.807) is 48.5 Å². The lowest BCUT2D eigenvalue weighted by Gasteiger charge is -2.10.